The van der Waals surface area contributed by atoms with Gasteiger partial charge in [0.2, 0.25) is 0 Å². The van der Waals surface area contributed by atoms with E-state index in [2.05, 4.69) is 0 Å². The fraction of sp³-hybridized carbons (Fsp3) is 0.176. The van der Waals surface area contributed by atoms with Crippen LogP contribution in [0.1, 0.15) is 40.8 Å². The number of rotatable bonds is 7. The molecule has 0 bridgehead atoms. The minimum absolute atomic E-state index is 0.0440. The molecule has 6 nitrogen and oxygen atoms in total. The third kappa shape index (κ3) is 4.96. The van der Waals surface area contributed by atoms with Crippen molar-refractivity contribution in [3.05, 3.63) is 137 Å². The molecule has 6 rings (SSSR count). The van der Waals surface area contributed by atoms with Crippen LogP contribution < -0.4 is 9.47 Å². The number of carbonyl (C=O) groups is 2. The lowest BCUT2D eigenvalue weighted by molar-refractivity contribution is -0.140. The number of amides is 1. The number of hydrogen-bond donors (Lipinski definition) is 1. The fourth-order valence-electron chi connectivity index (χ4n) is 5.41. The van der Waals surface area contributed by atoms with Crippen LogP contribution in [0.15, 0.2) is 109 Å². The molecular formula is C34H29NO5. The number of likely N-dealkylation sites (tertiary alicyclic amines) is 1. The van der Waals surface area contributed by atoms with E-state index in [1.807, 2.05) is 97.9 Å². The summed E-state index contributed by atoms with van der Waals surface area (Å²) in [6, 6.07) is 31.3. The van der Waals surface area contributed by atoms with Crippen LogP contribution in [0.3, 0.4) is 0 Å². The zero-order valence-electron chi connectivity index (χ0n) is 22.1. The topological polar surface area (TPSA) is 76.1 Å². The van der Waals surface area contributed by atoms with E-state index in [1.165, 1.54) is 4.90 Å². The van der Waals surface area contributed by atoms with Crippen molar-refractivity contribution in [3.8, 4) is 11.5 Å². The number of fused-ring (bicyclic) bond motifs is 1. The first kappa shape index (κ1) is 25.4. The number of ketones is 1. The average Bonchev–Trinajstić information content (AvgIpc) is 3.48. The molecule has 6 heteroatoms. The number of nitrogens with zero attached hydrogens (tertiary/aromatic N) is 1. The standard InChI is InChI=1S/C34H29NO5/c1-22-17-27-18-26(15-16-29(27)40-22)32(36)30-31(35(34(38)33(30)37)20-23-9-4-2-5-10-23)25-13-8-14-28(19-25)39-21-24-11-6-3-7-12-24/h2-16,18-19,22,31,36H,17,20-21H2,1H3/b32-30+/t22-,31-/m0/s1. The maximum absolute atomic E-state index is 13.5. The van der Waals surface area contributed by atoms with Crippen molar-refractivity contribution in [2.24, 2.45) is 0 Å². The van der Waals surface area contributed by atoms with Gasteiger partial charge >= 0.3 is 0 Å². The van der Waals surface area contributed by atoms with Crippen LogP contribution in [0.4, 0.5) is 0 Å². The van der Waals surface area contributed by atoms with E-state index in [0.717, 1.165) is 22.4 Å². The molecule has 0 saturated carbocycles. The zero-order valence-corrected chi connectivity index (χ0v) is 22.1. The minimum Gasteiger partial charge on any atom is -0.507 e. The number of Topliss-reactive ketones (excluding diaryl/α,β-unsaturated/α-hetero) is 1. The number of ether oxygens (including phenoxy) is 2. The van der Waals surface area contributed by atoms with Crippen LogP contribution in [0, 0.1) is 0 Å². The summed E-state index contributed by atoms with van der Waals surface area (Å²) in [6.07, 6.45) is 0.755. The van der Waals surface area contributed by atoms with Crippen LogP contribution in [0.25, 0.3) is 5.76 Å². The Morgan fingerprint density at radius 2 is 1.62 bits per heavy atom. The Bertz CT molecular complexity index is 1600. The summed E-state index contributed by atoms with van der Waals surface area (Å²) in [5, 5.41) is 11.6. The predicted octanol–water partition coefficient (Wildman–Crippen LogP) is 6.21. The van der Waals surface area contributed by atoms with E-state index in [0.29, 0.717) is 29.9 Å². The summed E-state index contributed by atoms with van der Waals surface area (Å²) in [6.45, 7) is 2.59. The monoisotopic (exact) mass is 531 g/mol. The summed E-state index contributed by atoms with van der Waals surface area (Å²) >= 11 is 0. The molecule has 1 fully saturated rings. The van der Waals surface area contributed by atoms with E-state index < -0.39 is 17.7 Å². The second kappa shape index (κ2) is 10.7. The number of benzene rings is 4. The normalized spacial score (nSPS) is 19.4. The van der Waals surface area contributed by atoms with Crippen molar-refractivity contribution in [2.45, 2.75) is 38.6 Å². The molecule has 1 saturated heterocycles. The van der Waals surface area contributed by atoms with Crippen molar-refractivity contribution in [2.75, 3.05) is 0 Å². The van der Waals surface area contributed by atoms with Crippen LogP contribution in [-0.4, -0.2) is 27.8 Å². The second-order valence-corrected chi connectivity index (χ2v) is 10.2. The Morgan fingerprint density at radius 1 is 0.900 bits per heavy atom. The molecular weight excluding hydrogens is 502 g/mol. The van der Waals surface area contributed by atoms with E-state index >= 15 is 0 Å². The first-order chi connectivity index (χ1) is 19.5. The lowest BCUT2D eigenvalue weighted by Crippen LogP contribution is -2.29. The van der Waals surface area contributed by atoms with Gasteiger partial charge in [-0.3, -0.25) is 9.59 Å². The van der Waals surface area contributed by atoms with Gasteiger partial charge < -0.3 is 19.5 Å². The second-order valence-electron chi connectivity index (χ2n) is 10.2. The lowest BCUT2D eigenvalue weighted by Gasteiger charge is -2.26. The largest absolute Gasteiger partial charge is 0.507 e. The molecule has 1 amide bonds. The zero-order chi connectivity index (χ0) is 27.6. The lowest BCUT2D eigenvalue weighted by atomic mass is 9.94. The molecule has 0 spiro atoms. The van der Waals surface area contributed by atoms with Gasteiger partial charge in [0.15, 0.2) is 0 Å². The van der Waals surface area contributed by atoms with Crippen LogP contribution in [0.2, 0.25) is 0 Å². The maximum atomic E-state index is 13.5. The van der Waals surface area contributed by atoms with Gasteiger partial charge in [0.25, 0.3) is 11.7 Å². The Labute approximate surface area is 233 Å². The molecule has 40 heavy (non-hydrogen) atoms. The molecule has 2 heterocycles. The van der Waals surface area contributed by atoms with Crippen LogP contribution >= 0.6 is 0 Å². The van der Waals surface area contributed by atoms with Gasteiger partial charge in [-0.05, 0) is 59.5 Å². The first-order valence-corrected chi connectivity index (χ1v) is 13.4. The van der Waals surface area contributed by atoms with Gasteiger partial charge in [-0.1, -0.05) is 72.8 Å². The van der Waals surface area contributed by atoms with Crippen molar-refractivity contribution in [1.29, 1.82) is 0 Å². The highest BCUT2D eigenvalue weighted by atomic mass is 16.5. The molecule has 0 aliphatic carbocycles. The van der Waals surface area contributed by atoms with Crippen molar-refractivity contribution in [3.63, 3.8) is 0 Å². The molecule has 4 aromatic carbocycles. The highest BCUT2D eigenvalue weighted by Crippen LogP contribution is 2.42. The maximum Gasteiger partial charge on any atom is 0.295 e. The van der Waals surface area contributed by atoms with E-state index in [9.17, 15) is 14.7 Å². The molecule has 1 N–H and O–H groups in total. The van der Waals surface area contributed by atoms with Gasteiger partial charge in [-0.15, -0.1) is 0 Å². The quantitative estimate of drug-likeness (QED) is 0.174. The Balaban J connectivity index is 1.41. The first-order valence-electron chi connectivity index (χ1n) is 13.4. The molecule has 2 aliphatic heterocycles. The summed E-state index contributed by atoms with van der Waals surface area (Å²) in [5.41, 5.74) is 4.10. The third-order valence-electron chi connectivity index (χ3n) is 7.33. The van der Waals surface area contributed by atoms with Gasteiger partial charge in [0.1, 0.15) is 30.0 Å². The molecule has 0 unspecified atom stereocenters. The highest BCUT2D eigenvalue weighted by Gasteiger charge is 2.46. The third-order valence-corrected chi connectivity index (χ3v) is 7.33. The van der Waals surface area contributed by atoms with E-state index in [-0.39, 0.29) is 24.0 Å². The molecule has 200 valence electrons. The molecule has 2 aliphatic rings. The van der Waals surface area contributed by atoms with E-state index in [4.69, 9.17) is 9.47 Å². The van der Waals surface area contributed by atoms with Crippen molar-refractivity contribution in [1.82, 2.24) is 4.90 Å². The summed E-state index contributed by atoms with van der Waals surface area (Å²) in [5.74, 6) is -0.177. The Kier molecular flexibility index (Phi) is 6.83. The van der Waals surface area contributed by atoms with Gasteiger partial charge in [0, 0.05) is 18.5 Å². The summed E-state index contributed by atoms with van der Waals surface area (Å²) in [4.78, 5) is 28.5. The number of aliphatic hydroxyl groups excluding tert-OH is 1. The number of aliphatic hydroxyl groups is 1. The molecule has 4 aromatic rings. The predicted molar refractivity (Wildman–Crippen MR) is 152 cm³/mol. The highest BCUT2D eigenvalue weighted by molar-refractivity contribution is 6.46. The molecule has 2 atom stereocenters. The summed E-state index contributed by atoms with van der Waals surface area (Å²) < 4.78 is 11.9. The van der Waals surface area contributed by atoms with Gasteiger partial charge in [-0.25, -0.2) is 0 Å². The van der Waals surface area contributed by atoms with E-state index in [1.54, 1.807) is 12.1 Å². The Hall–Kier alpha value is -4.84. The van der Waals surface area contributed by atoms with Crippen molar-refractivity contribution < 1.29 is 24.2 Å². The SMILES string of the molecule is C[C@H]1Cc2cc(/C(O)=C3\C(=O)C(=O)N(Cc4ccccc4)[C@H]3c3cccc(OCc4ccccc4)c3)ccc2O1. The Morgan fingerprint density at radius 3 is 2.38 bits per heavy atom. The van der Waals surface area contributed by atoms with Crippen LogP contribution in [-0.2, 0) is 29.2 Å². The van der Waals surface area contributed by atoms with Crippen molar-refractivity contribution >= 4 is 17.4 Å². The molecule has 0 radical (unpaired) electrons. The van der Waals surface area contributed by atoms with Gasteiger partial charge in [0.05, 0.1) is 11.6 Å². The minimum atomic E-state index is -0.788. The smallest absolute Gasteiger partial charge is 0.295 e. The van der Waals surface area contributed by atoms with Gasteiger partial charge in [-0.2, -0.15) is 0 Å². The molecule has 0 aromatic heterocycles. The van der Waals surface area contributed by atoms with Crippen LogP contribution in [0.5, 0.6) is 11.5 Å². The summed E-state index contributed by atoms with van der Waals surface area (Å²) in [7, 11) is 0. The average molecular weight is 532 g/mol. The number of hydrogen-bond acceptors (Lipinski definition) is 5. The number of carbonyl (C=O) groups excluding carboxylic acids is 2. The fourth-order valence-corrected chi connectivity index (χ4v) is 5.41.